The van der Waals surface area contributed by atoms with Gasteiger partial charge in [-0.15, -0.1) is 11.3 Å². The molecule has 1 aliphatic rings. The molecule has 3 N–H and O–H groups in total. The molecular formula is C10H13N3O4S. The number of aliphatic hydroxyl groups excluding tert-OH is 1. The standard InChI is InChI=1S/C10H13N3O4S/c1-5-3-11-9(18-5)12-10(17)13-4-6(14)2-7(13)8(15)16/h3,6-7,14H,2,4H2,1H3,(H,15,16)(H,11,12,17)/t6?,7-/m0/s1. The maximum Gasteiger partial charge on any atom is 0.326 e. The number of likely N-dealkylation sites (tertiary alicyclic amines) is 1. The van der Waals surface area contributed by atoms with Crippen molar-refractivity contribution < 1.29 is 19.8 Å². The third-order valence-corrected chi connectivity index (χ3v) is 3.49. The van der Waals surface area contributed by atoms with E-state index in [1.54, 1.807) is 6.20 Å². The van der Waals surface area contributed by atoms with Gasteiger partial charge in [-0.2, -0.15) is 0 Å². The Bertz CT molecular complexity index is 475. The van der Waals surface area contributed by atoms with Crippen LogP contribution in [0.1, 0.15) is 11.3 Å². The summed E-state index contributed by atoms with van der Waals surface area (Å²) in [5, 5.41) is 21.4. The van der Waals surface area contributed by atoms with Crippen LogP contribution in [0.3, 0.4) is 0 Å². The number of aryl methyl sites for hydroxylation is 1. The molecule has 1 saturated heterocycles. The lowest BCUT2D eigenvalue weighted by atomic mass is 10.2. The number of rotatable bonds is 2. The van der Waals surface area contributed by atoms with E-state index in [1.807, 2.05) is 6.92 Å². The summed E-state index contributed by atoms with van der Waals surface area (Å²) in [4.78, 5) is 28.9. The van der Waals surface area contributed by atoms with Crippen molar-refractivity contribution in [1.29, 1.82) is 0 Å². The zero-order valence-electron chi connectivity index (χ0n) is 9.66. The van der Waals surface area contributed by atoms with Crippen LogP contribution < -0.4 is 5.32 Å². The van der Waals surface area contributed by atoms with Crippen molar-refractivity contribution in [3.8, 4) is 0 Å². The number of aliphatic hydroxyl groups is 1. The van der Waals surface area contributed by atoms with Gasteiger partial charge in [-0.05, 0) is 6.92 Å². The minimum Gasteiger partial charge on any atom is -0.480 e. The Hall–Kier alpha value is -1.67. The minimum absolute atomic E-state index is 0.0210. The molecule has 2 atom stereocenters. The monoisotopic (exact) mass is 271 g/mol. The Balaban J connectivity index is 2.06. The van der Waals surface area contributed by atoms with Crippen molar-refractivity contribution in [2.75, 3.05) is 11.9 Å². The zero-order valence-corrected chi connectivity index (χ0v) is 10.5. The summed E-state index contributed by atoms with van der Waals surface area (Å²) in [6, 6.07) is -1.53. The van der Waals surface area contributed by atoms with Crippen molar-refractivity contribution in [3.05, 3.63) is 11.1 Å². The molecule has 2 rings (SSSR count). The number of carbonyl (C=O) groups excluding carboxylic acids is 1. The molecule has 0 aliphatic carbocycles. The highest BCUT2D eigenvalue weighted by Crippen LogP contribution is 2.21. The number of aromatic nitrogens is 1. The zero-order chi connectivity index (χ0) is 13.3. The van der Waals surface area contributed by atoms with Gasteiger partial charge in [0.2, 0.25) is 0 Å². The van der Waals surface area contributed by atoms with Crippen molar-refractivity contribution in [2.24, 2.45) is 0 Å². The van der Waals surface area contributed by atoms with Crippen LogP contribution in [0.4, 0.5) is 9.93 Å². The van der Waals surface area contributed by atoms with Crippen LogP contribution >= 0.6 is 11.3 Å². The Labute approximate surface area is 107 Å². The summed E-state index contributed by atoms with van der Waals surface area (Å²) >= 11 is 1.31. The van der Waals surface area contributed by atoms with Gasteiger partial charge >= 0.3 is 12.0 Å². The van der Waals surface area contributed by atoms with E-state index in [0.717, 1.165) is 9.78 Å². The third kappa shape index (κ3) is 2.59. The second-order valence-corrected chi connectivity index (χ2v) is 5.34. The fourth-order valence-electron chi connectivity index (χ4n) is 1.85. The average molecular weight is 271 g/mol. The first-order chi connectivity index (χ1) is 8.47. The van der Waals surface area contributed by atoms with Gasteiger partial charge in [0.25, 0.3) is 0 Å². The van der Waals surface area contributed by atoms with Crippen LogP contribution in [0.15, 0.2) is 6.20 Å². The average Bonchev–Trinajstić information content (AvgIpc) is 2.85. The third-order valence-electron chi connectivity index (χ3n) is 2.66. The molecule has 0 radical (unpaired) electrons. The highest BCUT2D eigenvalue weighted by molar-refractivity contribution is 7.15. The van der Waals surface area contributed by atoms with Crippen LogP contribution in [0.5, 0.6) is 0 Å². The molecule has 18 heavy (non-hydrogen) atoms. The first kappa shape index (κ1) is 12.8. The van der Waals surface area contributed by atoms with Crippen LogP contribution in [0.2, 0.25) is 0 Å². The molecule has 8 heteroatoms. The number of hydrogen-bond acceptors (Lipinski definition) is 5. The molecule has 1 aromatic heterocycles. The molecule has 0 bridgehead atoms. The minimum atomic E-state index is -1.11. The fraction of sp³-hybridized carbons (Fsp3) is 0.500. The summed E-state index contributed by atoms with van der Waals surface area (Å²) < 4.78 is 0. The van der Waals surface area contributed by atoms with E-state index in [-0.39, 0.29) is 13.0 Å². The normalized spacial score (nSPS) is 23.1. The second-order valence-electron chi connectivity index (χ2n) is 4.10. The Morgan fingerprint density at radius 3 is 2.89 bits per heavy atom. The van der Waals surface area contributed by atoms with Crippen LogP contribution in [-0.2, 0) is 4.79 Å². The van der Waals surface area contributed by atoms with E-state index >= 15 is 0 Å². The number of urea groups is 1. The highest BCUT2D eigenvalue weighted by atomic mass is 32.1. The Kier molecular flexibility index (Phi) is 3.48. The van der Waals surface area contributed by atoms with E-state index < -0.39 is 24.1 Å². The number of carboxylic acids is 1. The smallest absolute Gasteiger partial charge is 0.326 e. The molecule has 1 aliphatic heterocycles. The molecule has 1 unspecified atom stereocenters. The van der Waals surface area contributed by atoms with Gasteiger partial charge in [-0.3, -0.25) is 5.32 Å². The highest BCUT2D eigenvalue weighted by Gasteiger charge is 2.39. The van der Waals surface area contributed by atoms with E-state index in [0.29, 0.717) is 5.13 Å². The van der Waals surface area contributed by atoms with Crippen LogP contribution in [-0.4, -0.2) is 50.8 Å². The van der Waals surface area contributed by atoms with Crippen LogP contribution in [0.25, 0.3) is 0 Å². The number of thiazole rings is 1. The number of hydrogen-bond donors (Lipinski definition) is 3. The number of anilines is 1. The topological polar surface area (TPSA) is 103 Å². The van der Waals surface area contributed by atoms with Gasteiger partial charge in [0, 0.05) is 24.0 Å². The lowest BCUT2D eigenvalue weighted by molar-refractivity contribution is -0.141. The number of carboxylic acid groups (broad SMARTS) is 1. The lowest BCUT2D eigenvalue weighted by Crippen LogP contribution is -2.43. The van der Waals surface area contributed by atoms with Gasteiger partial charge in [0.15, 0.2) is 5.13 Å². The van der Waals surface area contributed by atoms with E-state index in [1.165, 1.54) is 11.3 Å². The van der Waals surface area contributed by atoms with E-state index in [4.69, 9.17) is 5.11 Å². The predicted octanol–water partition coefficient (Wildman–Crippen LogP) is 0.503. The van der Waals surface area contributed by atoms with E-state index in [9.17, 15) is 14.7 Å². The van der Waals surface area contributed by atoms with Gasteiger partial charge in [0.05, 0.1) is 6.10 Å². The molecular weight excluding hydrogens is 258 g/mol. The molecule has 0 saturated carbocycles. The summed E-state index contributed by atoms with van der Waals surface area (Å²) in [7, 11) is 0. The maximum absolute atomic E-state index is 11.9. The Morgan fingerprint density at radius 2 is 2.33 bits per heavy atom. The fourth-order valence-corrected chi connectivity index (χ4v) is 2.50. The largest absolute Gasteiger partial charge is 0.480 e. The van der Waals surface area contributed by atoms with Crippen molar-refractivity contribution in [2.45, 2.75) is 25.5 Å². The number of nitrogens with zero attached hydrogens (tertiary/aromatic N) is 2. The summed E-state index contributed by atoms with van der Waals surface area (Å²) in [5.74, 6) is -1.11. The first-order valence-corrected chi connectivity index (χ1v) is 6.20. The van der Waals surface area contributed by atoms with Gasteiger partial charge in [-0.1, -0.05) is 0 Å². The Morgan fingerprint density at radius 1 is 1.61 bits per heavy atom. The van der Waals surface area contributed by atoms with Gasteiger partial charge < -0.3 is 15.1 Å². The van der Waals surface area contributed by atoms with Gasteiger partial charge in [-0.25, -0.2) is 14.6 Å². The van der Waals surface area contributed by atoms with Gasteiger partial charge in [0.1, 0.15) is 6.04 Å². The molecule has 0 spiro atoms. The lowest BCUT2D eigenvalue weighted by Gasteiger charge is -2.20. The van der Waals surface area contributed by atoms with E-state index in [2.05, 4.69) is 10.3 Å². The van der Waals surface area contributed by atoms with Crippen molar-refractivity contribution in [1.82, 2.24) is 9.88 Å². The van der Waals surface area contributed by atoms with Crippen molar-refractivity contribution in [3.63, 3.8) is 0 Å². The number of amides is 2. The molecule has 1 aromatic rings. The molecule has 2 amide bonds. The molecule has 2 heterocycles. The maximum atomic E-state index is 11.9. The number of aliphatic carboxylic acids is 1. The molecule has 7 nitrogen and oxygen atoms in total. The predicted molar refractivity (Wildman–Crippen MR) is 64.6 cm³/mol. The molecule has 0 aromatic carbocycles. The quantitative estimate of drug-likeness (QED) is 0.727. The molecule has 1 fully saturated rings. The summed E-state index contributed by atoms with van der Waals surface area (Å²) in [5.41, 5.74) is 0. The number of nitrogens with one attached hydrogen (secondary N) is 1. The summed E-state index contributed by atoms with van der Waals surface area (Å²) in [6.45, 7) is 1.88. The summed E-state index contributed by atoms with van der Waals surface area (Å²) in [6.07, 6.45) is 0.878. The molecule has 98 valence electrons. The first-order valence-electron chi connectivity index (χ1n) is 5.38. The van der Waals surface area contributed by atoms with Crippen LogP contribution in [0, 0.1) is 6.92 Å². The van der Waals surface area contributed by atoms with Crippen molar-refractivity contribution >= 4 is 28.5 Å². The number of carbonyl (C=O) groups is 2. The SMILES string of the molecule is Cc1cnc(NC(=O)N2CC(O)C[C@H]2C(=O)O)s1. The number of β-amino-alcohol motifs (C(OH)–C–C–N with tert-alkyl or cyclic N) is 1. The second kappa shape index (κ2) is 4.91.